The molecule has 1 atom stereocenters. The topological polar surface area (TPSA) is 168 Å². The molecule has 0 aliphatic carbocycles. The maximum Gasteiger partial charge on any atom is 0.491 e. The Balaban J connectivity index is 1.45. The molecule has 1 aliphatic heterocycles. The normalized spacial score (nSPS) is 15.2. The van der Waals surface area contributed by atoms with Crippen LogP contribution in [0.1, 0.15) is 12.1 Å². The van der Waals surface area contributed by atoms with E-state index in [2.05, 4.69) is 45.2 Å². The number of alkyl halides is 6. The van der Waals surface area contributed by atoms with Crippen molar-refractivity contribution in [3.8, 4) is 39.6 Å². The number of aromatic hydroxyl groups is 1. The van der Waals surface area contributed by atoms with Gasteiger partial charge in [0.25, 0.3) is 0 Å². The van der Waals surface area contributed by atoms with Crippen molar-refractivity contribution in [3.05, 3.63) is 54.7 Å². The van der Waals surface area contributed by atoms with Crippen LogP contribution in [0.5, 0.6) is 17.2 Å². The molecule has 0 radical (unpaired) electrons. The van der Waals surface area contributed by atoms with Crippen LogP contribution in [0.4, 0.5) is 32.3 Å². The lowest BCUT2D eigenvalue weighted by molar-refractivity contribution is -0.191. The van der Waals surface area contributed by atoms with E-state index < -0.39 is 58.4 Å². The van der Waals surface area contributed by atoms with E-state index >= 15 is 0 Å². The van der Waals surface area contributed by atoms with Crippen LogP contribution in [0.25, 0.3) is 22.4 Å². The molecule has 242 valence electrons. The fraction of sp³-hybridized carbons (Fsp3) is 0.296. The molecule has 0 bridgehead atoms. The molecule has 0 amide bonds. The Bertz CT molecular complexity index is 1690. The summed E-state index contributed by atoms with van der Waals surface area (Å²) in [6.07, 6.45) is -5.76. The Kier molecular flexibility index (Phi) is 9.03. The first kappa shape index (κ1) is 32.1. The maximum atomic E-state index is 13.3. The molecule has 19 heteroatoms. The first-order chi connectivity index (χ1) is 21.8. The lowest BCUT2D eigenvalue weighted by atomic mass is 10.0. The summed E-state index contributed by atoms with van der Waals surface area (Å²) in [5.41, 5.74) is -1.21. The largest absolute Gasteiger partial charge is 0.507 e. The molecule has 1 saturated heterocycles. The smallest absolute Gasteiger partial charge is 0.491 e. The number of aromatic amines is 1. The van der Waals surface area contributed by atoms with Crippen molar-refractivity contribution in [2.75, 3.05) is 24.5 Å². The van der Waals surface area contributed by atoms with Gasteiger partial charge in [0, 0.05) is 49.7 Å². The highest BCUT2D eigenvalue weighted by molar-refractivity contribution is 5.92. The molecule has 0 saturated carbocycles. The van der Waals surface area contributed by atoms with E-state index in [9.17, 15) is 41.0 Å². The summed E-state index contributed by atoms with van der Waals surface area (Å²) >= 11 is 0. The van der Waals surface area contributed by atoms with Crippen LogP contribution in [0.2, 0.25) is 0 Å². The Morgan fingerprint density at radius 3 is 2.37 bits per heavy atom. The van der Waals surface area contributed by atoms with Crippen molar-refractivity contribution >= 4 is 17.9 Å². The fourth-order valence-electron chi connectivity index (χ4n) is 4.60. The van der Waals surface area contributed by atoms with Crippen molar-refractivity contribution < 1.29 is 50.5 Å². The van der Waals surface area contributed by atoms with Gasteiger partial charge in [-0.3, -0.25) is 10.1 Å². The minimum Gasteiger partial charge on any atom is -0.507 e. The van der Waals surface area contributed by atoms with Crippen molar-refractivity contribution in [1.29, 1.82) is 0 Å². The Labute approximate surface area is 254 Å². The highest BCUT2D eigenvalue weighted by atomic mass is 19.4. The van der Waals surface area contributed by atoms with E-state index in [1.54, 1.807) is 11.1 Å². The Morgan fingerprint density at radius 1 is 1.02 bits per heavy atom. The minimum absolute atomic E-state index is 0.114. The summed E-state index contributed by atoms with van der Waals surface area (Å²) in [5, 5.41) is 27.9. The molecule has 4 heterocycles. The average molecular weight is 653 g/mol. The number of nitrogens with zero attached hydrogens (tertiary/aromatic N) is 6. The second kappa shape index (κ2) is 13.0. The van der Waals surface area contributed by atoms with E-state index in [4.69, 9.17) is 0 Å². The molecule has 4 aromatic rings. The van der Waals surface area contributed by atoms with E-state index in [0.29, 0.717) is 26.2 Å². The summed E-state index contributed by atoms with van der Waals surface area (Å²) in [5.74, 6) is -9.01. The molecule has 3 N–H and O–H groups in total. The van der Waals surface area contributed by atoms with Crippen molar-refractivity contribution in [3.63, 3.8) is 0 Å². The molecule has 5 rings (SSSR count). The van der Waals surface area contributed by atoms with Gasteiger partial charge in [0.1, 0.15) is 11.4 Å². The SMILES string of the molecule is O=C(Oc1c(-c2cn[nH]c2)cc(O)c(-c2cnc(N3CCC(CNCc4ccccn4)C3)nn2)c1OC(=O)C(F)(F)F)C(F)(F)F. The van der Waals surface area contributed by atoms with Gasteiger partial charge in [0.05, 0.1) is 23.7 Å². The fourth-order valence-corrected chi connectivity index (χ4v) is 4.60. The lowest BCUT2D eigenvalue weighted by Gasteiger charge is -2.20. The van der Waals surface area contributed by atoms with Crippen molar-refractivity contribution in [2.24, 2.45) is 5.92 Å². The number of rotatable bonds is 9. The van der Waals surface area contributed by atoms with E-state index in [1.165, 1.54) is 0 Å². The van der Waals surface area contributed by atoms with Crippen LogP contribution >= 0.6 is 0 Å². The van der Waals surface area contributed by atoms with Crippen molar-refractivity contribution in [1.82, 2.24) is 35.7 Å². The van der Waals surface area contributed by atoms with E-state index in [-0.39, 0.29) is 17.4 Å². The molecule has 1 aliphatic rings. The summed E-state index contributed by atoms with van der Waals surface area (Å²) in [4.78, 5) is 33.9. The van der Waals surface area contributed by atoms with Gasteiger partial charge in [-0.05, 0) is 30.5 Å². The molecule has 1 fully saturated rings. The highest BCUT2D eigenvalue weighted by Gasteiger charge is 2.45. The molecular weight excluding hydrogens is 630 g/mol. The van der Waals surface area contributed by atoms with Crippen LogP contribution in [0.3, 0.4) is 0 Å². The van der Waals surface area contributed by atoms with Gasteiger partial charge in [-0.25, -0.2) is 14.6 Å². The number of hydrogen-bond acceptors (Lipinski definition) is 12. The molecular formula is C27H22F6N8O5. The number of esters is 2. The highest BCUT2D eigenvalue weighted by Crippen LogP contribution is 2.50. The number of hydrogen-bond donors (Lipinski definition) is 3. The quantitative estimate of drug-likeness (QED) is 0.137. The van der Waals surface area contributed by atoms with Crippen LogP contribution in [-0.4, -0.2) is 79.4 Å². The lowest BCUT2D eigenvalue weighted by Crippen LogP contribution is -2.30. The predicted molar refractivity (Wildman–Crippen MR) is 144 cm³/mol. The molecule has 0 spiro atoms. The van der Waals surface area contributed by atoms with Gasteiger partial charge in [0.2, 0.25) is 5.95 Å². The van der Waals surface area contributed by atoms with Gasteiger partial charge in [-0.2, -0.15) is 31.4 Å². The Morgan fingerprint density at radius 2 is 1.76 bits per heavy atom. The van der Waals surface area contributed by atoms with Gasteiger partial charge in [-0.15, -0.1) is 10.2 Å². The first-order valence-electron chi connectivity index (χ1n) is 13.3. The number of phenols is 1. The zero-order valence-corrected chi connectivity index (χ0v) is 23.3. The molecule has 1 aromatic carbocycles. The number of pyridine rings is 1. The van der Waals surface area contributed by atoms with Crippen molar-refractivity contribution in [2.45, 2.75) is 25.3 Å². The number of phenolic OH excluding ortho intramolecular Hbond substituents is 1. The van der Waals surface area contributed by atoms with Crippen LogP contribution in [0, 0.1) is 5.92 Å². The zero-order chi connectivity index (χ0) is 33.1. The minimum atomic E-state index is -5.64. The number of anilines is 1. The second-order valence-electron chi connectivity index (χ2n) is 9.93. The molecule has 46 heavy (non-hydrogen) atoms. The average Bonchev–Trinajstić information content (AvgIpc) is 3.71. The maximum absolute atomic E-state index is 13.3. The number of ether oxygens (including phenoxy) is 2. The summed E-state index contributed by atoms with van der Waals surface area (Å²) in [6.45, 7) is 2.28. The number of halogens is 6. The summed E-state index contributed by atoms with van der Waals surface area (Å²) in [7, 11) is 0. The van der Waals surface area contributed by atoms with E-state index in [1.807, 2.05) is 18.2 Å². The van der Waals surface area contributed by atoms with Crippen LogP contribution < -0.4 is 19.7 Å². The zero-order valence-electron chi connectivity index (χ0n) is 23.3. The number of aromatic nitrogens is 6. The van der Waals surface area contributed by atoms with Gasteiger partial charge < -0.3 is 24.8 Å². The van der Waals surface area contributed by atoms with E-state index in [0.717, 1.165) is 36.8 Å². The van der Waals surface area contributed by atoms with Crippen LogP contribution in [-0.2, 0) is 16.1 Å². The van der Waals surface area contributed by atoms with Gasteiger partial charge in [0.15, 0.2) is 11.5 Å². The van der Waals surface area contributed by atoms with Gasteiger partial charge in [-0.1, -0.05) is 6.07 Å². The number of carbonyl (C=O) groups is 2. The third-order valence-corrected chi connectivity index (χ3v) is 6.72. The number of benzene rings is 1. The third kappa shape index (κ3) is 7.31. The molecule has 13 nitrogen and oxygen atoms in total. The third-order valence-electron chi connectivity index (χ3n) is 6.72. The Hall–Kier alpha value is -5.33. The number of H-pyrrole nitrogens is 1. The summed E-state index contributed by atoms with van der Waals surface area (Å²) in [6, 6.07) is 6.34. The first-order valence-corrected chi connectivity index (χ1v) is 13.3. The predicted octanol–water partition coefficient (Wildman–Crippen LogP) is 3.58. The molecule has 1 unspecified atom stereocenters. The number of nitrogens with one attached hydrogen (secondary N) is 2. The molecule has 3 aromatic heterocycles. The second-order valence-corrected chi connectivity index (χ2v) is 9.93. The van der Waals surface area contributed by atoms with Gasteiger partial charge >= 0.3 is 24.3 Å². The monoisotopic (exact) mass is 652 g/mol. The van der Waals surface area contributed by atoms with Crippen LogP contribution in [0.15, 0.2) is 49.1 Å². The number of carbonyl (C=O) groups excluding carboxylic acids is 2. The standard InChI is InChI=1S/C27H22F6N8O5/c28-26(29,30)23(43)45-21-17(15-9-37-38-10-15)7-19(42)20(22(21)46-24(44)27(31,32)33)18-12-36-25(40-39-18)41-6-4-14(13-41)8-34-11-16-3-1-2-5-35-16/h1-3,5,7,9-10,12,14,34,42H,4,6,8,11,13H2,(H,37,38). The summed E-state index contributed by atoms with van der Waals surface area (Å²) < 4.78 is 88.2.